The molecule has 2 atom stereocenters. The number of hydrogen-bond acceptors (Lipinski definition) is 0. The van der Waals surface area contributed by atoms with E-state index in [-0.39, 0.29) is 0 Å². The van der Waals surface area contributed by atoms with Gasteiger partial charge in [-0.15, -0.1) is 6.58 Å². The Balaban J connectivity index is 3.42. The van der Waals surface area contributed by atoms with Gasteiger partial charge in [0.15, 0.2) is 0 Å². The summed E-state index contributed by atoms with van der Waals surface area (Å²) in [6.07, 6.45) is 23.0. The quantitative estimate of drug-likeness (QED) is 0.214. The third-order valence-corrected chi connectivity index (χ3v) is 4.69. The fourth-order valence-corrected chi connectivity index (χ4v) is 2.74. The molecule has 0 heterocycles. The normalized spacial score (nSPS) is 14.4. The molecular formula is C21H40. The molecule has 0 amide bonds. The zero-order valence-corrected chi connectivity index (χ0v) is 15.1. The molecule has 0 aliphatic heterocycles. The van der Waals surface area contributed by atoms with Gasteiger partial charge in [0.05, 0.1) is 0 Å². The first-order chi connectivity index (χ1) is 10.2. The minimum absolute atomic E-state index is 0.844. The monoisotopic (exact) mass is 292 g/mol. The molecule has 0 aromatic heterocycles. The maximum atomic E-state index is 3.77. The Morgan fingerprint density at radius 2 is 1.43 bits per heavy atom. The maximum absolute atomic E-state index is 3.77. The van der Waals surface area contributed by atoms with E-state index in [9.17, 15) is 0 Å². The molecule has 0 nitrogen and oxygen atoms in total. The van der Waals surface area contributed by atoms with Gasteiger partial charge in [0.25, 0.3) is 0 Å². The van der Waals surface area contributed by atoms with Crippen LogP contribution in [0.25, 0.3) is 0 Å². The van der Waals surface area contributed by atoms with Gasteiger partial charge in [-0.25, -0.2) is 0 Å². The second-order valence-corrected chi connectivity index (χ2v) is 6.79. The van der Waals surface area contributed by atoms with Crippen LogP contribution in [0, 0.1) is 11.8 Å². The van der Waals surface area contributed by atoms with Crippen LogP contribution in [-0.4, -0.2) is 0 Å². The van der Waals surface area contributed by atoms with Crippen LogP contribution in [0.5, 0.6) is 0 Å². The molecule has 0 spiro atoms. The Morgan fingerprint density at radius 3 is 2.10 bits per heavy atom. The molecule has 0 bridgehead atoms. The second-order valence-electron chi connectivity index (χ2n) is 6.79. The van der Waals surface area contributed by atoms with Crippen LogP contribution in [0.3, 0.4) is 0 Å². The van der Waals surface area contributed by atoms with Crippen molar-refractivity contribution in [1.29, 1.82) is 0 Å². The van der Waals surface area contributed by atoms with Crippen molar-refractivity contribution in [3.63, 3.8) is 0 Å². The van der Waals surface area contributed by atoms with Crippen LogP contribution in [0.4, 0.5) is 0 Å². The highest BCUT2D eigenvalue weighted by Gasteiger charge is 2.09. The number of rotatable bonds is 15. The van der Waals surface area contributed by atoms with Crippen molar-refractivity contribution >= 4 is 0 Å². The Morgan fingerprint density at radius 1 is 0.762 bits per heavy atom. The van der Waals surface area contributed by atoms with Gasteiger partial charge in [-0.1, -0.05) is 83.9 Å². The summed E-state index contributed by atoms with van der Waals surface area (Å²) in [7, 11) is 0. The Labute approximate surface area is 135 Å². The first-order valence-corrected chi connectivity index (χ1v) is 9.48. The molecule has 124 valence electrons. The van der Waals surface area contributed by atoms with Gasteiger partial charge < -0.3 is 0 Å². The van der Waals surface area contributed by atoms with Gasteiger partial charge in [0.2, 0.25) is 0 Å². The first kappa shape index (κ1) is 20.5. The van der Waals surface area contributed by atoms with E-state index in [0.717, 1.165) is 11.8 Å². The fraction of sp³-hybridized carbons (Fsp3) is 0.810. The minimum atomic E-state index is 0.844. The molecular weight excluding hydrogens is 252 g/mol. The predicted molar refractivity (Wildman–Crippen MR) is 98.7 cm³/mol. The SMILES string of the molecule is C=CCCCCCCCC=CCC(C)C(C)CCCCC. The summed E-state index contributed by atoms with van der Waals surface area (Å²) in [5.41, 5.74) is 0. The van der Waals surface area contributed by atoms with Gasteiger partial charge in [-0.05, 0) is 43.9 Å². The smallest absolute Gasteiger partial charge is 0.0322 e. The number of allylic oxidation sites excluding steroid dienone is 3. The lowest BCUT2D eigenvalue weighted by Gasteiger charge is -2.18. The number of unbranched alkanes of at least 4 members (excludes halogenated alkanes) is 8. The van der Waals surface area contributed by atoms with E-state index in [1.165, 1.54) is 77.0 Å². The molecule has 21 heavy (non-hydrogen) atoms. The molecule has 0 aliphatic carbocycles. The van der Waals surface area contributed by atoms with Crippen LogP contribution in [0.15, 0.2) is 24.8 Å². The first-order valence-electron chi connectivity index (χ1n) is 9.48. The molecule has 0 N–H and O–H groups in total. The van der Waals surface area contributed by atoms with Crippen molar-refractivity contribution in [3.05, 3.63) is 24.8 Å². The van der Waals surface area contributed by atoms with Crippen molar-refractivity contribution in [2.24, 2.45) is 11.8 Å². The molecule has 0 saturated heterocycles. The summed E-state index contributed by atoms with van der Waals surface area (Å²) in [6.45, 7) is 10.9. The van der Waals surface area contributed by atoms with E-state index in [0.29, 0.717) is 0 Å². The lowest BCUT2D eigenvalue weighted by Crippen LogP contribution is -2.06. The van der Waals surface area contributed by atoms with Crippen molar-refractivity contribution < 1.29 is 0 Å². The third kappa shape index (κ3) is 14.2. The van der Waals surface area contributed by atoms with E-state index in [1.54, 1.807) is 0 Å². The molecule has 0 radical (unpaired) electrons. The van der Waals surface area contributed by atoms with E-state index in [2.05, 4.69) is 39.5 Å². The average Bonchev–Trinajstić information content (AvgIpc) is 2.49. The molecule has 0 aromatic carbocycles. The highest BCUT2D eigenvalue weighted by atomic mass is 14.1. The van der Waals surface area contributed by atoms with Crippen LogP contribution in [0.2, 0.25) is 0 Å². The lowest BCUT2D eigenvalue weighted by atomic mass is 9.88. The van der Waals surface area contributed by atoms with E-state index < -0.39 is 0 Å². The Bertz CT molecular complexity index is 238. The zero-order chi connectivity index (χ0) is 15.8. The van der Waals surface area contributed by atoms with Crippen LogP contribution in [-0.2, 0) is 0 Å². The highest BCUT2D eigenvalue weighted by molar-refractivity contribution is 4.84. The van der Waals surface area contributed by atoms with Gasteiger partial charge >= 0.3 is 0 Å². The van der Waals surface area contributed by atoms with E-state index >= 15 is 0 Å². The number of hydrogen-bond donors (Lipinski definition) is 0. The minimum Gasteiger partial charge on any atom is -0.103 e. The average molecular weight is 293 g/mol. The Kier molecular flexibility index (Phi) is 15.5. The van der Waals surface area contributed by atoms with Crippen molar-refractivity contribution in [2.75, 3.05) is 0 Å². The Hall–Kier alpha value is -0.520. The lowest BCUT2D eigenvalue weighted by molar-refractivity contribution is 0.355. The molecule has 2 unspecified atom stereocenters. The molecule has 0 saturated carbocycles. The van der Waals surface area contributed by atoms with Gasteiger partial charge in [-0.2, -0.15) is 0 Å². The van der Waals surface area contributed by atoms with Crippen molar-refractivity contribution in [2.45, 2.75) is 97.8 Å². The summed E-state index contributed by atoms with van der Waals surface area (Å²) >= 11 is 0. The topological polar surface area (TPSA) is 0 Å². The zero-order valence-electron chi connectivity index (χ0n) is 15.1. The summed E-state index contributed by atoms with van der Waals surface area (Å²) < 4.78 is 0. The summed E-state index contributed by atoms with van der Waals surface area (Å²) in [5.74, 6) is 1.73. The molecule has 0 heteroatoms. The summed E-state index contributed by atoms with van der Waals surface area (Å²) in [5, 5.41) is 0. The molecule has 0 fully saturated rings. The van der Waals surface area contributed by atoms with Crippen LogP contribution in [0.1, 0.15) is 97.8 Å². The van der Waals surface area contributed by atoms with E-state index in [1.807, 2.05) is 6.08 Å². The van der Waals surface area contributed by atoms with Gasteiger partial charge in [0, 0.05) is 0 Å². The molecule has 0 rings (SSSR count). The van der Waals surface area contributed by atoms with Gasteiger partial charge in [-0.3, -0.25) is 0 Å². The third-order valence-electron chi connectivity index (χ3n) is 4.69. The summed E-state index contributed by atoms with van der Waals surface area (Å²) in [6, 6.07) is 0. The summed E-state index contributed by atoms with van der Waals surface area (Å²) in [4.78, 5) is 0. The van der Waals surface area contributed by atoms with Crippen molar-refractivity contribution in [1.82, 2.24) is 0 Å². The van der Waals surface area contributed by atoms with Gasteiger partial charge in [0.1, 0.15) is 0 Å². The standard InChI is InChI=1S/C21H40/c1-5-7-9-10-11-12-13-14-15-17-19-21(4)20(3)18-16-8-6-2/h5,15,17,20-21H,1,6-14,16,18-19H2,2-4H3. The maximum Gasteiger partial charge on any atom is -0.0322 e. The predicted octanol–water partition coefficient (Wildman–Crippen LogP) is 7.70. The van der Waals surface area contributed by atoms with Crippen molar-refractivity contribution in [3.8, 4) is 0 Å². The highest BCUT2D eigenvalue weighted by Crippen LogP contribution is 2.21. The molecule has 0 aromatic rings. The second kappa shape index (κ2) is 15.9. The van der Waals surface area contributed by atoms with Crippen LogP contribution >= 0.6 is 0 Å². The van der Waals surface area contributed by atoms with E-state index in [4.69, 9.17) is 0 Å². The largest absolute Gasteiger partial charge is 0.103 e. The molecule has 0 aliphatic rings. The van der Waals surface area contributed by atoms with Crippen LogP contribution < -0.4 is 0 Å². The fourth-order valence-electron chi connectivity index (χ4n) is 2.74.